The van der Waals surface area contributed by atoms with E-state index in [0.29, 0.717) is 6.54 Å². The maximum Gasteiger partial charge on any atom is 0.407 e. The zero-order valence-corrected chi connectivity index (χ0v) is 13.7. The second-order valence-corrected chi connectivity index (χ2v) is 6.56. The number of alkyl carbamates (subject to hydrolysis) is 1. The van der Waals surface area contributed by atoms with Crippen LogP contribution in [0.5, 0.6) is 0 Å². The van der Waals surface area contributed by atoms with E-state index in [2.05, 4.69) is 39.9 Å². The van der Waals surface area contributed by atoms with Gasteiger partial charge in [0, 0.05) is 30.8 Å². The first-order valence-corrected chi connectivity index (χ1v) is 7.60. The van der Waals surface area contributed by atoms with Crippen molar-refractivity contribution < 1.29 is 9.53 Å². The summed E-state index contributed by atoms with van der Waals surface area (Å²) in [5.41, 5.74) is 1.90. The fourth-order valence-electron chi connectivity index (χ4n) is 2.13. The average Bonchev–Trinajstić information content (AvgIpc) is 2.88. The van der Waals surface area contributed by atoms with Crippen molar-refractivity contribution in [2.45, 2.75) is 45.9 Å². The SMILES string of the molecule is CC(CNC(=O)OC(C)(C)C)NCc1ccc2[nH]ccc2c1. The number of amides is 1. The van der Waals surface area contributed by atoms with Crippen molar-refractivity contribution in [2.75, 3.05) is 6.54 Å². The Bertz CT molecular complexity index is 628. The molecular formula is C17H25N3O2. The number of ether oxygens (including phenoxy) is 1. The lowest BCUT2D eigenvalue weighted by Crippen LogP contribution is -2.40. The zero-order chi connectivity index (χ0) is 16.2. The Balaban J connectivity index is 1.75. The van der Waals surface area contributed by atoms with Crippen LogP contribution in [0.4, 0.5) is 4.79 Å². The molecule has 0 saturated heterocycles. The summed E-state index contributed by atoms with van der Waals surface area (Å²) in [5, 5.41) is 7.37. The third kappa shape index (κ3) is 5.07. The van der Waals surface area contributed by atoms with Gasteiger partial charge < -0.3 is 20.4 Å². The highest BCUT2D eigenvalue weighted by Crippen LogP contribution is 2.14. The number of hydrogen-bond acceptors (Lipinski definition) is 3. The van der Waals surface area contributed by atoms with Crippen molar-refractivity contribution in [1.82, 2.24) is 15.6 Å². The van der Waals surface area contributed by atoms with Crippen LogP contribution in [-0.2, 0) is 11.3 Å². The summed E-state index contributed by atoms with van der Waals surface area (Å²) < 4.78 is 5.21. The smallest absolute Gasteiger partial charge is 0.407 e. The van der Waals surface area contributed by atoms with E-state index in [-0.39, 0.29) is 12.1 Å². The average molecular weight is 303 g/mol. The molecule has 5 nitrogen and oxygen atoms in total. The third-order valence-corrected chi connectivity index (χ3v) is 3.22. The first kappa shape index (κ1) is 16.4. The van der Waals surface area contributed by atoms with E-state index < -0.39 is 5.60 Å². The van der Waals surface area contributed by atoms with Gasteiger partial charge in [0.2, 0.25) is 0 Å². The lowest BCUT2D eigenvalue weighted by atomic mass is 10.1. The van der Waals surface area contributed by atoms with Gasteiger partial charge in [0.1, 0.15) is 5.60 Å². The molecule has 0 aliphatic rings. The highest BCUT2D eigenvalue weighted by molar-refractivity contribution is 5.79. The van der Waals surface area contributed by atoms with E-state index >= 15 is 0 Å². The van der Waals surface area contributed by atoms with E-state index in [9.17, 15) is 4.79 Å². The Morgan fingerprint density at radius 3 is 2.82 bits per heavy atom. The molecule has 120 valence electrons. The summed E-state index contributed by atoms with van der Waals surface area (Å²) in [4.78, 5) is 14.8. The fourth-order valence-corrected chi connectivity index (χ4v) is 2.13. The van der Waals surface area contributed by atoms with Gasteiger partial charge in [-0.25, -0.2) is 4.79 Å². The number of carbonyl (C=O) groups is 1. The van der Waals surface area contributed by atoms with Crippen molar-refractivity contribution >= 4 is 17.0 Å². The van der Waals surface area contributed by atoms with Crippen molar-refractivity contribution in [3.8, 4) is 0 Å². The molecule has 5 heteroatoms. The minimum absolute atomic E-state index is 0.162. The molecule has 3 N–H and O–H groups in total. The fraction of sp³-hybridized carbons (Fsp3) is 0.471. The van der Waals surface area contributed by atoms with E-state index in [0.717, 1.165) is 12.1 Å². The molecule has 1 atom stereocenters. The minimum atomic E-state index is -0.466. The van der Waals surface area contributed by atoms with Gasteiger partial charge in [-0.1, -0.05) is 6.07 Å². The summed E-state index contributed by atoms with van der Waals surface area (Å²) >= 11 is 0. The molecule has 0 fully saturated rings. The van der Waals surface area contributed by atoms with Crippen LogP contribution in [0.1, 0.15) is 33.3 Å². The van der Waals surface area contributed by atoms with Crippen LogP contribution < -0.4 is 10.6 Å². The second-order valence-electron chi connectivity index (χ2n) is 6.56. The molecule has 2 rings (SSSR count). The molecule has 2 aromatic rings. The summed E-state index contributed by atoms with van der Waals surface area (Å²) in [7, 11) is 0. The predicted molar refractivity (Wildman–Crippen MR) is 88.8 cm³/mol. The maximum absolute atomic E-state index is 11.6. The molecule has 1 aromatic carbocycles. The number of benzene rings is 1. The molecule has 1 amide bonds. The van der Waals surface area contributed by atoms with E-state index in [1.54, 1.807) is 0 Å². The molecule has 1 aromatic heterocycles. The van der Waals surface area contributed by atoms with Gasteiger partial charge in [0.15, 0.2) is 0 Å². The monoisotopic (exact) mass is 303 g/mol. The van der Waals surface area contributed by atoms with Crippen LogP contribution in [0, 0.1) is 0 Å². The Hall–Kier alpha value is -2.01. The number of rotatable bonds is 5. The van der Waals surface area contributed by atoms with E-state index in [4.69, 9.17) is 4.74 Å². The first-order valence-electron chi connectivity index (χ1n) is 7.60. The molecule has 0 spiro atoms. The number of fused-ring (bicyclic) bond motifs is 1. The molecule has 0 aliphatic heterocycles. The van der Waals surface area contributed by atoms with E-state index in [1.807, 2.05) is 33.9 Å². The third-order valence-electron chi connectivity index (χ3n) is 3.22. The molecule has 0 bridgehead atoms. The lowest BCUT2D eigenvalue weighted by molar-refractivity contribution is 0.0523. The van der Waals surface area contributed by atoms with Crippen molar-refractivity contribution in [1.29, 1.82) is 0 Å². The standard InChI is InChI=1S/C17H25N3O2/c1-12(10-20-16(21)22-17(2,3)4)19-11-13-5-6-15-14(9-13)7-8-18-15/h5-9,12,18-19H,10-11H2,1-4H3,(H,20,21). The van der Waals surface area contributed by atoms with Crippen LogP contribution >= 0.6 is 0 Å². The quantitative estimate of drug-likeness (QED) is 0.795. The van der Waals surface area contributed by atoms with Crippen LogP contribution in [0.3, 0.4) is 0 Å². The Kier molecular flexibility index (Phi) is 5.08. The van der Waals surface area contributed by atoms with Gasteiger partial charge in [0.05, 0.1) is 0 Å². The highest BCUT2D eigenvalue weighted by Gasteiger charge is 2.16. The Morgan fingerprint density at radius 1 is 1.32 bits per heavy atom. The van der Waals surface area contributed by atoms with Crippen molar-refractivity contribution in [2.24, 2.45) is 0 Å². The van der Waals surface area contributed by atoms with Gasteiger partial charge in [-0.3, -0.25) is 0 Å². The molecule has 1 heterocycles. The van der Waals surface area contributed by atoms with Crippen LogP contribution in [-0.4, -0.2) is 29.3 Å². The Morgan fingerprint density at radius 2 is 2.09 bits per heavy atom. The van der Waals surface area contributed by atoms with Gasteiger partial charge in [-0.05, 0) is 56.8 Å². The topological polar surface area (TPSA) is 66.2 Å². The lowest BCUT2D eigenvalue weighted by Gasteiger charge is -2.21. The Labute approximate surface area is 131 Å². The van der Waals surface area contributed by atoms with Crippen LogP contribution in [0.2, 0.25) is 0 Å². The summed E-state index contributed by atoms with van der Waals surface area (Å²) in [5.74, 6) is 0. The summed E-state index contributed by atoms with van der Waals surface area (Å²) in [6.07, 6.45) is 1.56. The molecule has 1 unspecified atom stereocenters. The second kappa shape index (κ2) is 6.83. The van der Waals surface area contributed by atoms with Gasteiger partial charge in [0.25, 0.3) is 0 Å². The zero-order valence-electron chi connectivity index (χ0n) is 13.7. The molecular weight excluding hydrogens is 278 g/mol. The molecule has 0 aliphatic carbocycles. The maximum atomic E-state index is 11.6. The van der Waals surface area contributed by atoms with Crippen molar-refractivity contribution in [3.05, 3.63) is 36.0 Å². The predicted octanol–water partition coefficient (Wildman–Crippen LogP) is 3.17. The number of H-pyrrole nitrogens is 1. The normalized spacial score (nSPS) is 13.1. The van der Waals surface area contributed by atoms with Gasteiger partial charge in [-0.15, -0.1) is 0 Å². The van der Waals surface area contributed by atoms with Crippen LogP contribution in [0.15, 0.2) is 30.5 Å². The summed E-state index contributed by atoms with van der Waals surface area (Å²) in [6.45, 7) is 8.88. The summed E-state index contributed by atoms with van der Waals surface area (Å²) in [6, 6.07) is 8.56. The van der Waals surface area contributed by atoms with Crippen molar-refractivity contribution in [3.63, 3.8) is 0 Å². The number of aromatic nitrogens is 1. The minimum Gasteiger partial charge on any atom is -0.444 e. The van der Waals surface area contributed by atoms with Crippen LogP contribution in [0.25, 0.3) is 10.9 Å². The van der Waals surface area contributed by atoms with E-state index in [1.165, 1.54) is 10.9 Å². The van der Waals surface area contributed by atoms with Gasteiger partial charge in [-0.2, -0.15) is 0 Å². The highest BCUT2D eigenvalue weighted by atomic mass is 16.6. The number of aromatic amines is 1. The molecule has 0 saturated carbocycles. The molecule has 0 radical (unpaired) electrons. The number of carbonyl (C=O) groups excluding carboxylic acids is 1. The largest absolute Gasteiger partial charge is 0.444 e. The van der Waals surface area contributed by atoms with Gasteiger partial charge >= 0.3 is 6.09 Å². The first-order chi connectivity index (χ1) is 10.3. The number of nitrogens with one attached hydrogen (secondary N) is 3. The molecule has 22 heavy (non-hydrogen) atoms. The number of hydrogen-bond donors (Lipinski definition) is 3.